The summed E-state index contributed by atoms with van der Waals surface area (Å²) in [7, 11) is 1.93. The molecule has 1 aromatic carbocycles. The second-order valence-corrected chi connectivity index (χ2v) is 5.24. The molecule has 0 aliphatic carbocycles. The number of rotatable bonds is 5. The van der Waals surface area contributed by atoms with Crippen LogP contribution in [0.15, 0.2) is 47.1 Å². The molecule has 100 valence electrons. The highest BCUT2D eigenvalue weighted by atomic mass is 79.9. The SMILES string of the molecule is CNC(C)c1cccnc1OCc1cccc(Br)c1. The van der Waals surface area contributed by atoms with Crippen molar-refractivity contribution in [2.75, 3.05) is 7.05 Å². The van der Waals surface area contributed by atoms with Crippen molar-refractivity contribution in [3.05, 3.63) is 58.2 Å². The van der Waals surface area contributed by atoms with E-state index in [1.54, 1.807) is 6.20 Å². The first kappa shape index (κ1) is 14.0. The minimum atomic E-state index is 0.214. The van der Waals surface area contributed by atoms with Crippen LogP contribution in [0.4, 0.5) is 0 Å². The van der Waals surface area contributed by atoms with E-state index >= 15 is 0 Å². The molecule has 0 radical (unpaired) electrons. The minimum absolute atomic E-state index is 0.214. The van der Waals surface area contributed by atoms with Gasteiger partial charge in [0.2, 0.25) is 5.88 Å². The molecule has 2 rings (SSSR count). The van der Waals surface area contributed by atoms with Crippen molar-refractivity contribution in [1.82, 2.24) is 10.3 Å². The fourth-order valence-corrected chi connectivity index (χ4v) is 2.23. The Kier molecular flexibility index (Phi) is 4.93. The second kappa shape index (κ2) is 6.68. The van der Waals surface area contributed by atoms with E-state index in [2.05, 4.69) is 33.2 Å². The highest BCUT2D eigenvalue weighted by molar-refractivity contribution is 9.10. The number of ether oxygens (including phenoxy) is 1. The lowest BCUT2D eigenvalue weighted by Crippen LogP contribution is -2.14. The first-order valence-electron chi connectivity index (χ1n) is 6.20. The molecular formula is C15H17BrN2O. The summed E-state index contributed by atoms with van der Waals surface area (Å²) in [5, 5.41) is 3.20. The Morgan fingerprint density at radius 3 is 2.89 bits per heavy atom. The molecule has 0 aliphatic rings. The van der Waals surface area contributed by atoms with E-state index in [4.69, 9.17) is 4.74 Å². The summed E-state index contributed by atoms with van der Waals surface area (Å²) in [4.78, 5) is 4.31. The third kappa shape index (κ3) is 3.78. The van der Waals surface area contributed by atoms with E-state index in [9.17, 15) is 0 Å². The van der Waals surface area contributed by atoms with Gasteiger partial charge >= 0.3 is 0 Å². The molecule has 19 heavy (non-hydrogen) atoms. The van der Waals surface area contributed by atoms with Crippen LogP contribution in [-0.4, -0.2) is 12.0 Å². The Balaban J connectivity index is 2.11. The van der Waals surface area contributed by atoms with E-state index in [1.807, 2.05) is 43.4 Å². The third-order valence-electron chi connectivity index (χ3n) is 2.96. The molecule has 0 amide bonds. The largest absolute Gasteiger partial charge is 0.473 e. The minimum Gasteiger partial charge on any atom is -0.473 e. The van der Waals surface area contributed by atoms with Crippen molar-refractivity contribution >= 4 is 15.9 Å². The number of nitrogens with zero attached hydrogens (tertiary/aromatic N) is 1. The Morgan fingerprint density at radius 1 is 1.32 bits per heavy atom. The average Bonchev–Trinajstić information content (AvgIpc) is 2.45. The quantitative estimate of drug-likeness (QED) is 0.912. The van der Waals surface area contributed by atoms with Gasteiger partial charge < -0.3 is 10.1 Å². The maximum absolute atomic E-state index is 5.83. The summed E-state index contributed by atoms with van der Waals surface area (Å²) in [6.07, 6.45) is 1.75. The molecule has 1 N–H and O–H groups in total. The summed E-state index contributed by atoms with van der Waals surface area (Å²) >= 11 is 3.46. The van der Waals surface area contributed by atoms with Crippen LogP contribution in [0.2, 0.25) is 0 Å². The van der Waals surface area contributed by atoms with Crippen molar-refractivity contribution in [2.24, 2.45) is 0 Å². The first-order valence-corrected chi connectivity index (χ1v) is 6.99. The number of aromatic nitrogens is 1. The standard InChI is InChI=1S/C15H17BrN2O/c1-11(17-2)14-7-4-8-18-15(14)19-10-12-5-3-6-13(16)9-12/h3-9,11,17H,10H2,1-2H3. The zero-order chi connectivity index (χ0) is 13.7. The van der Waals surface area contributed by atoms with Gasteiger partial charge in [0.1, 0.15) is 6.61 Å². The fraction of sp³-hybridized carbons (Fsp3) is 0.267. The van der Waals surface area contributed by atoms with Gasteiger partial charge in [0, 0.05) is 22.3 Å². The molecule has 1 atom stereocenters. The number of pyridine rings is 1. The molecule has 3 nitrogen and oxygen atoms in total. The summed E-state index contributed by atoms with van der Waals surface area (Å²) < 4.78 is 6.88. The van der Waals surface area contributed by atoms with E-state index in [-0.39, 0.29) is 6.04 Å². The van der Waals surface area contributed by atoms with Crippen molar-refractivity contribution < 1.29 is 4.74 Å². The smallest absolute Gasteiger partial charge is 0.218 e. The van der Waals surface area contributed by atoms with Gasteiger partial charge in [0.05, 0.1) is 0 Å². The normalized spacial score (nSPS) is 12.2. The van der Waals surface area contributed by atoms with Gasteiger partial charge in [-0.25, -0.2) is 4.98 Å². The van der Waals surface area contributed by atoms with Gasteiger partial charge in [-0.1, -0.05) is 34.1 Å². The van der Waals surface area contributed by atoms with Crippen LogP contribution in [0, 0.1) is 0 Å². The molecule has 0 aliphatic heterocycles. The number of hydrogen-bond acceptors (Lipinski definition) is 3. The third-order valence-corrected chi connectivity index (χ3v) is 3.46. The molecule has 0 saturated heterocycles. The summed E-state index contributed by atoms with van der Waals surface area (Å²) in [5.74, 6) is 0.685. The summed E-state index contributed by atoms with van der Waals surface area (Å²) in [6, 6.07) is 12.3. The van der Waals surface area contributed by atoms with Gasteiger partial charge in [-0.3, -0.25) is 0 Å². The predicted molar refractivity (Wildman–Crippen MR) is 80.2 cm³/mol. The second-order valence-electron chi connectivity index (χ2n) is 4.33. The number of hydrogen-bond donors (Lipinski definition) is 1. The molecule has 0 fully saturated rings. The van der Waals surface area contributed by atoms with Gasteiger partial charge in [-0.05, 0) is 37.7 Å². The van der Waals surface area contributed by atoms with Crippen molar-refractivity contribution in [2.45, 2.75) is 19.6 Å². The van der Waals surface area contributed by atoms with Crippen molar-refractivity contribution in [3.63, 3.8) is 0 Å². The van der Waals surface area contributed by atoms with E-state index in [0.717, 1.165) is 15.6 Å². The lowest BCUT2D eigenvalue weighted by atomic mass is 10.1. The van der Waals surface area contributed by atoms with Gasteiger partial charge in [0.25, 0.3) is 0 Å². The highest BCUT2D eigenvalue weighted by Gasteiger charge is 2.10. The van der Waals surface area contributed by atoms with Gasteiger partial charge in [-0.2, -0.15) is 0 Å². The number of halogens is 1. The average molecular weight is 321 g/mol. The van der Waals surface area contributed by atoms with Crippen LogP contribution in [0.1, 0.15) is 24.1 Å². The number of nitrogens with one attached hydrogen (secondary N) is 1. The maximum atomic E-state index is 5.83. The van der Waals surface area contributed by atoms with Gasteiger partial charge in [0.15, 0.2) is 0 Å². The van der Waals surface area contributed by atoms with Crippen LogP contribution in [0.25, 0.3) is 0 Å². The van der Waals surface area contributed by atoms with E-state index < -0.39 is 0 Å². The molecule has 1 heterocycles. The van der Waals surface area contributed by atoms with Crippen LogP contribution in [-0.2, 0) is 6.61 Å². The molecule has 0 bridgehead atoms. The molecule has 1 aromatic heterocycles. The predicted octanol–water partition coefficient (Wildman–Crippen LogP) is 3.70. The van der Waals surface area contributed by atoms with E-state index in [0.29, 0.717) is 12.5 Å². The summed E-state index contributed by atoms with van der Waals surface area (Å²) in [5.41, 5.74) is 2.18. The Bertz CT molecular complexity index is 545. The Hall–Kier alpha value is -1.39. The van der Waals surface area contributed by atoms with Crippen LogP contribution < -0.4 is 10.1 Å². The lowest BCUT2D eigenvalue weighted by Gasteiger charge is -2.15. The maximum Gasteiger partial charge on any atom is 0.218 e. The molecule has 0 saturated carbocycles. The highest BCUT2D eigenvalue weighted by Crippen LogP contribution is 2.23. The molecule has 1 unspecified atom stereocenters. The lowest BCUT2D eigenvalue weighted by molar-refractivity contribution is 0.287. The zero-order valence-corrected chi connectivity index (χ0v) is 12.6. The van der Waals surface area contributed by atoms with Gasteiger partial charge in [-0.15, -0.1) is 0 Å². The first-order chi connectivity index (χ1) is 9.20. The monoisotopic (exact) mass is 320 g/mol. The van der Waals surface area contributed by atoms with Crippen LogP contribution in [0.5, 0.6) is 5.88 Å². The van der Waals surface area contributed by atoms with Crippen LogP contribution in [0.3, 0.4) is 0 Å². The van der Waals surface area contributed by atoms with Crippen LogP contribution >= 0.6 is 15.9 Å². The van der Waals surface area contributed by atoms with Crippen molar-refractivity contribution in [3.8, 4) is 5.88 Å². The molecule has 0 spiro atoms. The zero-order valence-electron chi connectivity index (χ0n) is 11.1. The number of benzene rings is 1. The Labute approximate surface area is 122 Å². The molecular weight excluding hydrogens is 304 g/mol. The van der Waals surface area contributed by atoms with Crippen molar-refractivity contribution in [1.29, 1.82) is 0 Å². The summed E-state index contributed by atoms with van der Waals surface area (Å²) in [6.45, 7) is 2.60. The Morgan fingerprint density at radius 2 is 2.16 bits per heavy atom. The molecule has 2 aromatic rings. The fourth-order valence-electron chi connectivity index (χ4n) is 1.79. The topological polar surface area (TPSA) is 34.2 Å². The molecule has 4 heteroatoms. The van der Waals surface area contributed by atoms with E-state index in [1.165, 1.54) is 0 Å².